The van der Waals surface area contributed by atoms with Gasteiger partial charge in [0.15, 0.2) is 5.76 Å². The Morgan fingerprint density at radius 2 is 2.36 bits per heavy atom. The minimum absolute atomic E-state index is 0.224. The van der Waals surface area contributed by atoms with Crippen molar-refractivity contribution in [2.75, 3.05) is 13.2 Å². The third-order valence-electron chi connectivity index (χ3n) is 5.10. The van der Waals surface area contributed by atoms with Gasteiger partial charge in [0.25, 0.3) is 0 Å². The number of nitrogens with one attached hydrogen (secondary N) is 2. The molecule has 118 valence electrons. The van der Waals surface area contributed by atoms with Gasteiger partial charge in [-0.2, -0.15) is 5.10 Å². The number of nitrogens with zero attached hydrogens (tertiary/aromatic N) is 2. The number of hydrogen-bond donors (Lipinski definition) is 2. The van der Waals surface area contributed by atoms with Crippen molar-refractivity contribution < 1.29 is 9.15 Å². The molecule has 6 nitrogen and oxygen atoms in total. The summed E-state index contributed by atoms with van der Waals surface area (Å²) >= 11 is 0. The minimum atomic E-state index is 0.224. The first kappa shape index (κ1) is 14.0. The van der Waals surface area contributed by atoms with Gasteiger partial charge in [0.1, 0.15) is 5.82 Å². The highest BCUT2D eigenvalue weighted by Gasteiger charge is 2.58. The number of fused-ring (bicyclic) bond motifs is 1. The highest BCUT2D eigenvalue weighted by atomic mass is 16.5. The van der Waals surface area contributed by atoms with Gasteiger partial charge in [-0.15, -0.1) is 0 Å². The van der Waals surface area contributed by atoms with Crippen LogP contribution in [0.3, 0.4) is 0 Å². The highest BCUT2D eigenvalue weighted by molar-refractivity contribution is 5.45. The lowest BCUT2D eigenvalue weighted by atomic mass is 9.57. The maximum atomic E-state index is 5.83. The Labute approximate surface area is 129 Å². The summed E-state index contributed by atoms with van der Waals surface area (Å²) in [6, 6.07) is 4.24. The number of H-pyrrole nitrogens is 1. The third kappa shape index (κ3) is 2.18. The molecule has 2 N–H and O–H groups in total. The molecule has 6 heteroatoms. The first-order chi connectivity index (χ1) is 10.7. The van der Waals surface area contributed by atoms with E-state index in [1.807, 2.05) is 12.1 Å². The normalized spacial score (nSPS) is 29.3. The van der Waals surface area contributed by atoms with Gasteiger partial charge in [-0.3, -0.25) is 5.10 Å². The summed E-state index contributed by atoms with van der Waals surface area (Å²) in [5.74, 6) is 2.87. The van der Waals surface area contributed by atoms with Crippen LogP contribution in [0.15, 0.2) is 22.8 Å². The molecular formula is C16H22N4O2. The first-order valence-corrected chi connectivity index (χ1v) is 7.96. The van der Waals surface area contributed by atoms with Crippen LogP contribution >= 0.6 is 0 Å². The fourth-order valence-corrected chi connectivity index (χ4v) is 4.01. The smallest absolute Gasteiger partial charge is 0.216 e. The zero-order valence-electron chi connectivity index (χ0n) is 13.0. The van der Waals surface area contributed by atoms with Gasteiger partial charge in [-0.1, -0.05) is 13.8 Å². The lowest BCUT2D eigenvalue weighted by Crippen LogP contribution is -2.66. The van der Waals surface area contributed by atoms with E-state index in [1.54, 1.807) is 6.26 Å². The Bertz CT molecular complexity index is 634. The molecular weight excluding hydrogens is 280 g/mol. The third-order valence-corrected chi connectivity index (χ3v) is 5.10. The van der Waals surface area contributed by atoms with E-state index in [1.165, 1.54) is 6.42 Å². The fraction of sp³-hybridized carbons (Fsp3) is 0.625. The van der Waals surface area contributed by atoms with Crippen LogP contribution < -0.4 is 5.32 Å². The number of aromatic nitrogens is 3. The molecule has 1 aliphatic carbocycles. The average molecular weight is 302 g/mol. The highest BCUT2D eigenvalue weighted by Crippen LogP contribution is 2.51. The number of aromatic amines is 1. The van der Waals surface area contributed by atoms with Crippen LogP contribution in [0, 0.1) is 11.3 Å². The number of furan rings is 1. The summed E-state index contributed by atoms with van der Waals surface area (Å²) in [4.78, 5) is 4.47. The van der Waals surface area contributed by atoms with Gasteiger partial charge < -0.3 is 14.5 Å². The summed E-state index contributed by atoms with van der Waals surface area (Å²) in [5.41, 5.74) is 0.224. The van der Waals surface area contributed by atoms with Crippen molar-refractivity contribution in [2.24, 2.45) is 11.3 Å². The van der Waals surface area contributed by atoms with Crippen LogP contribution in [0.2, 0.25) is 0 Å². The van der Waals surface area contributed by atoms with E-state index in [4.69, 9.17) is 9.15 Å². The molecule has 0 aromatic carbocycles. The largest absolute Gasteiger partial charge is 0.461 e. The molecule has 2 fully saturated rings. The molecule has 3 unspecified atom stereocenters. The summed E-state index contributed by atoms with van der Waals surface area (Å²) in [6.45, 7) is 6.39. The van der Waals surface area contributed by atoms with Crippen LogP contribution in [-0.4, -0.2) is 40.5 Å². The molecule has 0 bridgehead atoms. The summed E-state index contributed by atoms with van der Waals surface area (Å²) in [5, 5.41) is 10.9. The van der Waals surface area contributed by atoms with Gasteiger partial charge in [-0.05, 0) is 18.6 Å². The van der Waals surface area contributed by atoms with Crippen LogP contribution in [0.4, 0.5) is 0 Å². The molecule has 22 heavy (non-hydrogen) atoms. The topological polar surface area (TPSA) is 76.0 Å². The Balaban J connectivity index is 1.32. The molecule has 3 heterocycles. The molecule has 1 saturated carbocycles. The summed E-state index contributed by atoms with van der Waals surface area (Å²) in [6.07, 6.45) is 4.07. The minimum Gasteiger partial charge on any atom is -0.461 e. The van der Waals surface area contributed by atoms with Gasteiger partial charge >= 0.3 is 0 Å². The molecule has 2 aromatic heterocycles. The summed E-state index contributed by atoms with van der Waals surface area (Å²) in [7, 11) is 0. The quantitative estimate of drug-likeness (QED) is 0.883. The Kier molecular flexibility index (Phi) is 3.31. The molecule has 0 radical (unpaired) electrons. The zero-order chi connectivity index (χ0) is 15.2. The number of rotatable bonds is 5. The van der Waals surface area contributed by atoms with E-state index in [2.05, 4.69) is 34.3 Å². The predicted octanol–water partition coefficient (Wildman–Crippen LogP) is 2.01. The number of hydrogen-bond acceptors (Lipinski definition) is 5. The standard InChI is InChI=1S/C16H22N4O2/c1-16(2)13(10-6-9-22-14(10)16)17-7-5-12-18-15(20-19-12)11-4-3-8-21-11/h3-4,8,10,13-14,17H,5-7,9H2,1-2H3,(H,18,19,20). The molecule has 0 spiro atoms. The van der Waals surface area contributed by atoms with E-state index in [0.29, 0.717) is 29.6 Å². The monoisotopic (exact) mass is 302 g/mol. The van der Waals surface area contributed by atoms with E-state index < -0.39 is 0 Å². The zero-order valence-corrected chi connectivity index (χ0v) is 13.0. The van der Waals surface area contributed by atoms with Crippen molar-refractivity contribution in [1.82, 2.24) is 20.5 Å². The van der Waals surface area contributed by atoms with Crippen molar-refractivity contribution >= 4 is 0 Å². The molecule has 4 rings (SSSR count). The second-order valence-corrected chi connectivity index (χ2v) is 6.83. The van der Waals surface area contributed by atoms with Crippen molar-refractivity contribution in [2.45, 2.75) is 38.8 Å². The van der Waals surface area contributed by atoms with E-state index in [0.717, 1.165) is 25.4 Å². The SMILES string of the molecule is CC1(C)C(NCCc2nc(-c3ccco3)n[nH]2)C2CCOC21. The van der Waals surface area contributed by atoms with Crippen molar-refractivity contribution in [1.29, 1.82) is 0 Å². The number of ether oxygens (including phenoxy) is 1. The van der Waals surface area contributed by atoms with Crippen LogP contribution in [0.1, 0.15) is 26.1 Å². The van der Waals surface area contributed by atoms with Gasteiger partial charge in [0, 0.05) is 36.9 Å². The Hall–Kier alpha value is -1.66. The molecule has 2 aliphatic rings. The van der Waals surface area contributed by atoms with E-state index in [-0.39, 0.29) is 5.41 Å². The first-order valence-electron chi connectivity index (χ1n) is 7.96. The van der Waals surface area contributed by atoms with Crippen molar-refractivity contribution in [3.63, 3.8) is 0 Å². The van der Waals surface area contributed by atoms with Crippen LogP contribution in [-0.2, 0) is 11.2 Å². The maximum absolute atomic E-state index is 5.83. The van der Waals surface area contributed by atoms with Gasteiger partial charge in [0.05, 0.1) is 12.4 Å². The van der Waals surface area contributed by atoms with Crippen molar-refractivity contribution in [3.05, 3.63) is 24.2 Å². The molecule has 1 saturated heterocycles. The van der Waals surface area contributed by atoms with Gasteiger partial charge in [-0.25, -0.2) is 4.98 Å². The maximum Gasteiger partial charge on any atom is 0.216 e. The molecule has 3 atom stereocenters. The predicted molar refractivity (Wildman–Crippen MR) is 81.2 cm³/mol. The van der Waals surface area contributed by atoms with Crippen LogP contribution in [0.5, 0.6) is 0 Å². The summed E-state index contributed by atoms with van der Waals surface area (Å²) < 4.78 is 11.1. The van der Waals surface area contributed by atoms with Crippen LogP contribution in [0.25, 0.3) is 11.6 Å². The Morgan fingerprint density at radius 1 is 1.45 bits per heavy atom. The average Bonchev–Trinajstić information content (AvgIpc) is 3.22. The molecule has 2 aromatic rings. The molecule has 1 aliphatic heterocycles. The lowest BCUT2D eigenvalue weighted by molar-refractivity contribution is -0.112. The second-order valence-electron chi connectivity index (χ2n) is 6.83. The van der Waals surface area contributed by atoms with E-state index in [9.17, 15) is 0 Å². The Morgan fingerprint density at radius 3 is 3.18 bits per heavy atom. The van der Waals surface area contributed by atoms with E-state index >= 15 is 0 Å². The lowest BCUT2D eigenvalue weighted by Gasteiger charge is -2.55. The second kappa shape index (κ2) is 5.21. The molecule has 0 amide bonds. The van der Waals surface area contributed by atoms with Crippen molar-refractivity contribution in [3.8, 4) is 11.6 Å². The fourth-order valence-electron chi connectivity index (χ4n) is 4.01. The van der Waals surface area contributed by atoms with Gasteiger partial charge in [0.2, 0.25) is 5.82 Å².